The lowest BCUT2D eigenvalue weighted by atomic mass is 10.1. The van der Waals surface area contributed by atoms with E-state index in [0.29, 0.717) is 19.6 Å². The van der Waals surface area contributed by atoms with Gasteiger partial charge in [-0.3, -0.25) is 4.90 Å². The lowest BCUT2D eigenvalue weighted by Crippen LogP contribution is -2.30. The zero-order valence-corrected chi connectivity index (χ0v) is 13.4. The van der Waals surface area contributed by atoms with E-state index < -0.39 is 21.7 Å². The molecule has 1 fully saturated rings. The Labute approximate surface area is 129 Å². The molecule has 2 rings (SSSR count). The van der Waals surface area contributed by atoms with Crippen LogP contribution in [0.5, 0.6) is 5.75 Å². The second-order valence-corrected chi connectivity index (χ2v) is 7.40. The van der Waals surface area contributed by atoms with Gasteiger partial charge >= 0.3 is 0 Å². The Balaban J connectivity index is 1.94. The molecule has 1 aromatic carbocycles. The van der Waals surface area contributed by atoms with E-state index >= 15 is 0 Å². The third-order valence-electron chi connectivity index (χ3n) is 3.74. The Morgan fingerprint density at radius 3 is 2.73 bits per heavy atom. The first-order chi connectivity index (χ1) is 10.3. The van der Waals surface area contributed by atoms with Crippen LogP contribution in [0.1, 0.15) is 12.0 Å². The second kappa shape index (κ2) is 6.89. The zero-order chi connectivity index (χ0) is 16.3. The summed E-state index contributed by atoms with van der Waals surface area (Å²) >= 11 is 0. The number of likely N-dealkylation sites (tertiary alicyclic amines) is 1. The summed E-state index contributed by atoms with van der Waals surface area (Å²) < 4.78 is 57.0. The molecule has 0 saturated carbocycles. The quantitative estimate of drug-likeness (QED) is 0.853. The van der Waals surface area contributed by atoms with Crippen LogP contribution in [0.3, 0.4) is 0 Å². The van der Waals surface area contributed by atoms with E-state index in [4.69, 9.17) is 4.74 Å². The third-order valence-corrected chi connectivity index (χ3v) is 4.44. The van der Waals surface area contributed by atoms with Gasteiger partial charge in [-0.05, 0) is 24.9 Å². The Morgan fingerprint density at radius 1 is 1.36 bits per heavy atom. The number of hydrogen-bond donors (Lipinski definition) is 1. The Bertz CT molecular complexity index is 637. The number of methoxy groups -OCH3 is 1. The predicted molar refractivity (Wildman–Crippen MR) is 79.1 cm³/mol. The topological polar surface area (TPSA) is 58.6 Å². The summed E-state index contributed by atoms with van der Waals surface area (Å²) in [7, 11) is -1.91. The highest BCUT2D eigenvalue weighted by Crippen LogP contribution is 2.25. The number of halogens is 2. The van der Waals surface area contributed by atoms with Crippen molar-refractivity contribution < 1.29 is 21.9 Å². The SMILES string of the molecule is COc1ccc(CN2CC[C@H](CNS(C)(=O)=O)C2)c(F)c1F. The van der Waals surface area contributed by atoms with Crippen molar-refractivity contribution in [3.8, 4) is 5.75 Å². The van der Waals surface area contributed by atoms with Crippen LogP contribution in [-0.2, 0) is 16.6 Å². The summed E-state index contributed by atoms with van der Waals surface area (Å²) in [6, 6.07) is 2.92. The molecule has 0 radical (unpaired) electrons. The fourth-order valence-corrected chi connectivity index (χ4v) is 3.12. The summed E-state index contributed by atoms with van der Waals surface area (Å²) in [4.78, 5) is 1.99. The first kappa shape index (κ1) is 17.1. The van der Waals surface area contributed by atoms with Crippen LogP contribution in [0, 0.1) is 17.6 Å². The largest absolute Gasteiger partial charge is 0.494 e. The Morgan fingerprint density at radius 2 is 2.09 bits per heavy atom. The highest BCUT2D eigenvalue weighted by Gasteiger charge is 2.25. The van der Waals surface area contributed by atoms with Crippen molar-refractivity contribution >= 4 is 10.0 Å². The molecule has 1 heterocycles. The maximum absolute atomic E-state index is 13.9. The van der Waals surface area contributed by atoms with Gasteiger partial charge in [0.2, 0.25) is 15.8 Å². The van der Waals surface area contributed by atoms with Crippen LogP contribution < -0.4 is 9.46 Å². The van der Waals surface area contributed by atoms with E-state index in [-0.39, 0.29) is 17.2 Å². The third kappa shape index (κ3) is 4.37. The van der Waals surface area contributed by atoms with Crippen LogP contribution in [0.25, 0.3) is 0 Å². The highest BCUT2D eigenvalue weighted by molar-refractivity contribution is 7.88. The number of nitrogens with zero attached hydrogens (tertiary/aromatic N) is 1. The van der Waals surface area contributed by atoms with Crippen LogP contribution in [0.4, 0.5) is 8.78 Å². The van der Waals surface area contributed by atoms with E-state index in [1.54, 1.807) is 0 Å². The normalized spacial score (nSPS) is 19.5. The lowest BCUT2D eigenvalue weighted by Gasteiger charge is -2.17. The van der Waals surface area contributed by atoms with E-state index in [1.165, 1.54) is 19.2 Å². The molecule has 0 bridgehead atoms. The highest BCUT2D eigenvalue weighted by atomic mass is 32.2. The molecule has 0 spiro atoms. The fraction of sp³-hybridized carbons (Fsp3) is 0.571. The molecule has 1 aliphatic rings. The minimum Gasteiger partial charge on any atom is -0.494 e. The monoisotopic (exact) mass is 334 g/mol. The van der Waals surface area contributed by atoms with Crippen molar-refractivity contribution in [2.45, 2.75) is 13.0 Å². The predicted octanol–water partition coefficient (Wildman–Crippen LogP) is 1.34. The van der Waals surface area contributed by atoms with Crippen molar-refractivity contribution in [3.63, 3.8) is 0 Å². The molecular weight excluding hydrogens is 314 g/mol. The molecule has 0 amide bonds. The molecule has 8 heteroatoms. The van der Waals surface area contributed by atoms with E-state index in [2.05, 4.69) is 4.72 Å². The van der Waals surface area contributed by atoms with Gasteiger partial charge in [-0.2, -0.15) is 4.39 Å². The average molecular weight is 334 g/mol. The molecule has 1 N–H and O–H groups in total. The van der Waals surface area contributed by atoms with Crippen molar-refractivity contribution in [2.24, 2.45) is 5.92 Å². The summed E-state index contributed by atoms with van der Waals surface area (Å²) in [5, 5.41) is 0. The lowest BCUT2D eigenvalue weighted by molar-refractivity contribution is 0.306. The van der Waals surface area contributed by atoms with Gasteiger partial charge in [0.25, 0.3) is 0 Å². The molecule has 1 saturated heterocycles. The number of ether oxygens (including phenoxy) is 1. The number of rotatable bonds is 6. The summed E-state index contributed by atoms with van der Waals surface area (Å²) in [5.74, 6) is -1.80. The molecule has 0 aromatic heterocycles. The van der Waals surface area contributed by atoms with Crippen LogP contribution in [0.15, 0.2) is 12.1 Å². The van der Waals surface area contributed by atoms with Gasteiger partial charge in [0, 0.05) is 25.2 Å². The van der Waals surface area contributed by atoms with Gasteiger partial charge in [-0.25, -0.2) is 17.5 Å². The van der Waals surface area contributed by atoms with Gasteiger partial charge in [0.05, 0.1) is 13.4 Å². The van der Waals surface area contributed by atoms with Gasteiger partial charge < -0.3 is 4.74 Å². The molecule has 1 aliphatic heterocycles. The van der Waals surface area contributed by atoms with Gasteiger partial charge in [-0.15, -0.1) is 0 Å². The summed E-state index contributed by atoms with van der Waals surface area (Å²) in [6.45, 7) is 2.04. The molecule has 124 valence electrons. The summed E-state index contributed by atoms with van der Waals surface area (Å²) in [6.07, 6.45) is 1.94. The standard InChI is InChI=1S/C14H20F2N2O3S/c1-21-12-4-3-11(13(15)14(12)16)9-18-6-5-10(8-18)7-17-22(2,19)20/h3-4,10,17H,5-9H2,1-2H3/t10-/m1/s1. The van der Waals surface area contributed by atoms with Crippen LogP contribution in [0.2, 0.25) is 0 Å². The zero-order valence-electron chi connectivity index (χ0n) is 12.6. The molecule has 1 atom stereocenters. The number of benzene rings is 1. The molecule has 22 heavy (non-hydrogen) atoms. The molecular formula is C14H20F2N2O3S. The minimum absolute atomic E-state index is 0.113. The molecule has 1 aromatic rings. The minimum atomic E-state index is -3.20. The van der Waals surface area contributed by atoms with Crippen molar-refractivity contribution in [3.05, 3.63) is 29.3 Å². The van der Waals surface area contributed by atoms with E-state index in [0.717, 1.165) is 19.2 Å². The van der Waals surface area contributed by atoms with E-state index in [1.807, 2.05) is 4.90 Å². The van der Waals surface area contributed by atoms with Crippen LogP contribution >= 0.6 is 0 Å². The van der Waals surface area contributed by atoms with Gasteiger partial charge in [0.1, 0.15) is 0 Å². The van der Waals surface area contributed by atoms with Crippen molar-refractivity contribution in [2.75, 3.05) is 33.0 Å². The molecule has 0 unspecified atom stereocenters. The first-order valence-corrected chi connectivity index (χ1v) is 8.87. The smallest absolute Gasteiger partial charge is 0.208 e. The summed E-state index contributed by atoms with van der Waals surface area (Å²) in [5.41, 5.74) is 0.273. The Kier molecular flexibility index (Phi) is 5.36. The maximum atomic E-state index is 13.9. The van der Waals surface area contributed by atoms with E-state index in [9.17, 15) is 17.2 Å². The number of sulfonamides is 1. The Hall–Kier alpha value is -1.25. The molecule has 5 nitrogen and oxygen atoms in total. The average Bonchev–Trinajstić information content (AvgIpc) is 2.89. The van der Waals surface area contributed by atoms with Gasteiger partial charge in [-0.1, -0.05) is 6.07 Å². The van der Waals surface area contributed by atoms with Crippen molar-refractivity contribution in [1.82, 2.24) is 9.62 Å². The molecule has 0 aliphatic carbocycles. The van der Waals surface area contributed by atoms with Crippen molar-refractivity contribution in [1.29, 1.82) is 0 Å². The number of hydrogen-bond acceptors (Lipinski definition) is 4. The number of nitrogens with one attached hydrogen (secondary N) is 1. The van der Waals surface area contributed by atoms with Gasteiger partial charge in [0.15, 0.2) is 11.6 Å². The second-order valence-electron chi connectivity index (χ2n) is 5.57. The fourth-order valence-electron chi connectivity index (χ4n) is 2.58. The maximum Gasteiger partial charge on any atom is 0.208 e. The first-order valence-electron chi connectivity index (χ1n) is 6.98. The van der Waals surface area contributed by atoms with Crippen LogP contribution in [-0.4, -0.2) is 46.3 Å².